The third kappa shape index (κ3) is 3.92. The predicted octanol–water partition coefficient (Wildman–Crippen LogP) is 3.38. The molecule has 0 unspecified atom stereocenters. The molecule has 1 amide bonds. The molecule has 5 rings (SSSR count). The summed E-state index contributed by atoms with van der Waals surface area (Å²) in [7, 11) is 1.60. The summed E-state index contributed by atoms with van der Waals surface area (Å²) in [6.45, 7) is 6.59. The Morgan fingerprint density at radius 1 is 1.06 bits per heavy atom. The molecule has 1 saturated heterocycles. The Morgan fingerprint density at radius 3 is 2.64 bits per heavy atom. The summed E-state index contributed by atoms with van der Waals surface area (Å²) in [4.78, 5) is 31.3. The van der Waals surface area contributed by atoms with E-state index >= 15 is 0 Å². The van der Waals surface area contributed by atoms with E-state index in [0.29, 0.717) is 28.8 Å². The first-order chi connectivity index (χ1) is 16.1. The van der Waals surface area contributed by atoms with Gasteiger partial charge in [-0.25, -0.2) is 0 Å². The van der Waals surface area contributed by atoms with Crippen LogP contribution in [0.2, 0.25) is 0 Å². The van der Waals surface area contributed by atoms with Gasteiger partial charge in [-0.05, 0) is 31.5 Å². The average molecular weight is 449 g/mol. The number of amides is 1. The van der Waals surface area contributed by atoms with E-state index in [1.165, 1.54) is 0 Å². The molecule has 7 heteroatoms. The van der Waals surface area contributed by atoms with E-state index in [1.54, 1.807) is 18.1 Å². The first-order valence-corrected chi connectivity index (χ1v) is 11.4. The first kappa shape index (κ1) is 21.7. The van der Waals surface area contributed by atoms with Gasteiger partial charge in [0.15, 0.2) is 5.43 Å². The van der Waals surface area contributed by atoms with Gasteiger partial charge in [0, 0.05) is 31.7 Å². The number of methoxy groups -OCH3 is 1. The maximum absolute atomic E-state index is 13.7. The van der Waals surface area contributed by atoms with E-state index in [4.69, 9.17) is 13.9 Å². The van der Waals surface area contributed by atoms with Crippen LogP contribution < -0.4 is 10.2 Å². The van der Waals surface area contributed by atoms with Gasteiger partial charge in [0.05, 0.1) is 37.3 Å². The van der Waals surface area contributed by atoms with Gasteiger partial charge in [-0.3, -0.25) is 14.5 Å². The van der Waals surface area contributed by atoms with Crippen molar-refractivity contribution in [3.8, 4) is 5.75 Å². The number of carbonyl (C=O) groups is 1. The molecular weight excluding hydrogens is 420 g/mol. The smallest absolute Gasteiger partial charge is 0.290 e. The zero-order chi connectivity index (χ0) is 22.9. The zero-order valence-corrected chi connectivity index (χ0v) is 19.0. The molecule has 7 nitrogen and oxygen atoms in total. The SMILES string of the molecule is COc1ccccc1[C@@H]1c2c(oc3ccc(C)cc3c2=O)C(=O)N1CCCN1CCOCC1. The monoisotopic (exact) mass is 448 g/mol. The highest BCUT2D eigenvalue weighted by Crippen LogP contribution is 2.41. The molecule has 33 heavy (non-hydrogen) atoms. The quantitative estimate of drug-likeness (QED) is 0.576. The molecule has 1 atom stereocenters. The second kappa shape index (κ2) is 9.00. The molecule has 0 saturated carbocycles. The Kier molecular flexibility index (Phi) is 5.91. The van der Waals surface area contributed by atoms with Crippen molar-refractivity contribution in [1.29, 1.82) is 0 Å². The van der Waals surface area contributed by atoms with E-state index in [9.17, 15) is 9.59 Å². The first-order valence-electron chi connectivity index (χ1n) is 11.4. The molecule has 0 bridgehead atoms. The molecular formula is C26H28N2O5. The molecule has 1 fully saturated rings. The van der Waals surface area contributed by atoms with Crippen LogP contribution in [0.4, 0.5) is 0 Å². The Bertz CT molecular complexity index is 1250. The summed E-state index contributed by atoms with van der Waals surface area (Å²) >= 11 is 0. The highest BCUT2D eigenvalue weighted by Gasteiger charge is 2.43. The van der Waals surface area contributed by atoms with Gasteiger partial charge in [0.1, 0.15) is 11.3 Å². The second-order valence-electron chi connectivity index (χ2n) is 8.62. The Morgan fingerprint density at radius 2 is 1.85 bits per heavy atom. The topological polar surface area (TPSA) is 72.2 Å². The highest BCUT2D eigenvalue weighted by molar-refractivity contribution is 5.99. The molecule has 0 aliphatic carbocycles. The maximum Gasteiger partial charge on any atom is 0.290 e. The van der Waals surface area contributed by atoms with Crippen molar-refractivity contribution in [3.63, 3.8) is 0 Å². The van der Waals surface area contributed by atoms with Crippen molar-refractivity contribution in [2.45, 2.75) is 19.4 Å². The number of rotatable bonds is 6. The van der Waals surface area contributed by atoms with Crippen LogP contribution in [-0.4, -0.2) is 62.2 Å². The number of ether oxygens (including phenoxy) is 2. The molecule has 2 aliphatic heterocycles. The van der Waals surface area contributed by atoms with Crippen molar-refractivity contribution in [3.05, 3.63) is 75.1 Å². The van der Waals surface area contributed by atoms with Gasteiger partial charge in [-0.2, -0.15) is 0 Å². The van der Waals surface area contributed by atoms with Crippen LogP contribution in [0.1, 0.15) is 39.7 Å². The van der Waals surface area contributed by atoms with Crippen molar-refractivity contribution in [2.75, 3.05) is 46.5 Å². The lowest BCUT2D eigenvalue weighted by Gasteiger charge is -2.29. The lowest BCUT2D eigenvalue weighted by Crippen LogP contribution is -2.38. The van der Waals surface area contributed by atoms with Crippen LogP contribution in [0, 0.1) is 6.92 Å². The highest BCUT2D eigenvalue weighted by atomic mass is 16.5. The van der Waals surface area contributed by atoms with Gasteiger partial charge in [-0.15, -0.1) is 0 Å². The zero-order valence-electron chi connectivity index (χ0n) is 19.0. The fourth-order valence-electron chi connectivity index (χ4n) is 4.87. The third-order valence-electron chi connectivity index (χ3n) is 6.53. The van der Waals surface area contributed by atoms with Crippen LogP contribution in [-0.2, 0) is 4.74 Å². The van der Waals surface area contributed by atoms with Crippen molar-refractivity contribution >= 4 is 16.9 Å². The number of carbonyl (C=O) groups excluding carboxylic acids is 1. The standard InChI is InChI=1S/C26H28N2O5/c1-17-8-9-21-19(16-17)24(29)22-23(18-6-3-4-7-20(18)31-2)28(26(30)25(22)33-21)11-5-10-27-12-14-32-15-13-27/h3-4,6-9,16,23H,5,10-15H2,1-2H3/t23-/m1/s1. The van der Waals surface area contributed by atoms with Gasteiger partial charge >= 0.3 is 0 Å². The number of para-hydroxylation sites is 1. The minimum absolute atomic E-state index is 0.138. The van der Waals surface area contributed by atoms with Crippen LogP contribution in [0.5, 0.6) is 5.75 Å². The lowest BCUT2D eigenvalue weighted by molar-refractivity contribution is 0.0353. The number of fused-ring (bicyclic) bond motifs is 2. The van der Waals surface area contributed by atoms with Gasteiger partial charge < -0.3 is 18.8 Å². The number of morpholine rings is 1. The number of benzene rings is 2. The van der Waals surface area contributed by atoms with Crippen LogP contribution in [0.3, 0.4) is 0 Å². The Hall–Kier alpha value is -3.16. The third-order valence-corrected chi connectivity index (χ3v) is 6.53. The average Bonchev–Trinajstić information content (AvgIpc) is 3.12. The number of nitrogens with zero attached hydrogens (tertiary/aromatic N) is 2. The van der Waals surface area contributed by atoms with E-state index in [1.807, 2.05) is 43.3 Å². The lowest BCUT2D eigenvalue weighted by atomic mass is 9.97. The second-order valence-corrected chi connectivity index (χ2v) is 8.62. The Balaban J connectivity index is 1.57. The van der Waals surface area contributed by atoms with Crippen molar-refractivity contribution in [2.24, 2.45) is 0 Å². The summed E-state index contributed by atoms with van der Waals surface area (Å²) in [5.41, 5.74) is 2.43. The van der Waals surface area contributed by atoms with Crippen molar-refractivity contribution in [1.82, 2.24) is 9.80 Å². The molecule has 0 spiro atoms. The predicted molar refractivity (Wildman–Crippen MR) is 125 cm³/mol. The fraction of sp³-hybridized carbons (Fsp3) is 0.385. The van der Waals surface area contributed by atoms with Gasteiger partial charge in [-0.1, -0.05) is 29.8 Å². The summed E-state index contributed by atoms with van der Waals surface area (Å²) in [6, 6.07) is 12.5. The van der Waals surface area contributed by atoms with Crippen LogP contribution in [0.15, 0.2) is 51.7 Å². The van der Waals surface area contributed by atoms with E-state index in [-0.39, 0.29) is 17.1 Å². The molecule has 0 radical (unpaired) electrons. The van der Waals surface area contributed by atoms with E-state index in [2.05, 4.69) is 4.90 Å². The summed E-state index contributed by atoms with van der Waals surface area (Å²) in [5.74, 6) is 0.533. The summed E-state index contributed by atoms with van der Waals surface area (Å²) in [6.07, 6.45) is 0.790. The molecule has 2 aliphatic rings. The molecule has 0 N–H and O–H groups in total. The maximum atomic E-state index is 13.7. The Labute approximate surface area is 192 Å². The number of aryl methyl sites for hydroxylation is 1. The fourth-order valence-corrected chi connectivity index (χ4v) is 4.87. The molecule has 1 aromatic heterocycles. The summed E-state index contributed by atoms with van der Waals surface area (Å²) < 4.78 is 17.1. The summed E-state index contributed by atoms with van der Waals surface area (Å²) in [5, 5.41) is 0.497. The molecule has 172 valence electrons. The molecule has 3 heterocycles. The number of hydrogen-bond acceptors (Lipinski definition) is 6. The van der Waals surface area contributed by atoms with E-state index < -0.39 is 6.04 Å². The normalized spacial score (nSPS) is 18.7. The van der Waals surface area contributed by atoms with E-state index in [0.717, 1.165) is 50.4 Å². The van der Waals surface area contributed by atoms with Gasteiger partial charge in [0.25, 0.3) is 5.91 Å². The largest absolute Gasteiger partial charge is 0.496 e. The van der Waals surface area contributed by atoms with Crippen molar-refractivity contribution < 1.29 is 18.7 Å². The minimum Gasteiger partial charge on any atom is -0.496 e. The minimum atomic E-state index is -0.547. The van der Waals surface area contributed by atoms with Gasteiger partial charge in [0.2, 0.25) is 5.76 Å². The number of hydrogen-bond donors (Lipinski definition) is 0. The van der Waals surface area contributed by atoms with Crippen LogP contribution >= 0.6 is 0 Å². The molecule has 3 aromatic rings. The molecule has 2 aromatic carbocycles. The van der Waals surface area contributed by atoms with Crippen LogP contribution in [0.25, 0.3) is 11.0 Å².